The van der Waals surface area contributed by atoms with E-state index < -0.39 is 11.8 Å². The molecule has 0 aliphatic carbocycles. The van der Waals surface area contributed by atoms with Crippen LogP contribution >= 0.6 is 0 Å². The topological polar surface area (TPSA) is 85.9 Å². The van der Waals surface area contributed by atoms with Gasteiger partial charge in [0.15, 0.2) is 0 Å². The maximum atomic E-state index is 13.6. The second-order valence-corrected chi connectivity index (χ2v) is 8.87. The van der Waals surface area contributed by atoms with Crippen molar-refractivity contribution < 1.29 is 18.7 Å². The smallest absolute Gasteiger partial charge is 0.323 e. The zero-order valence-electron chi connectivity index (χ0n) is 21.3. The van der Waals surface area contributed by atoms with Crippen molar-refractivity contribution in [2.45, 2.75) is 20.8 Å². The number of rotatable bonds is 6. The van der Waals surface area contributed by atoms with Gasteiger partial charge in [-0.3, -0.25) is 0 Å². The quantitative estimate of drug-likeness (QED) is 0.393. The maximum Gasteiger partial charge on any atom is 0.323 e. The third-order valence-corrected chi connectivity index (χ3v) is 6.26. The van der Waals surface area contributed by atoms with E-state index in [1.807, 2.05) is 68.1 Å². The maximum absolute atomic E-state index is 13.6. The van der Waals surface area contributed by atoms with E-state index in [-0.39, 0.29) is 11.7 Å². The Kier molecular flexibility index (Phi) is 8.12. The van der Waals surface area contributed by atoms with Gasteiger partial charge in [-0.1, -0.05) is 18.2 Å². The molecule has 194 valence electrons. The first-order chi connectivity index (χ1) is 17.8. The Morgan fingerprint density at radius 1 is 0.892 bits per heavy atom. The highest BCUT2D eigenvalue weighted by Crippen LogP contribution is 2.26. The predicted molar refractivity (Wildman–Crippen MR) is 145 cm³/mol. The highest BCUT2D eigenvalue weighted by molar-refractivity contribution is 6.00. The average Bonchev–Trinajstić information content (AvgIpc) is 2.88. The molecule has 37 heavy (non-hydrogen) atoms. The van der Waals surface area contributed by atoms with Crippen LogP contribution in [0.4, 0.5) is 36.7 Å². The van der Waals surface area contributed by atoms with Gasteiger partial charge in [0.1, 0.15) is 11.6 Å². The molecule has 1 saturated heterocycles. The number of nitrogens with one attached hydrogen (secondary N) is 3. The van der Waals surface area contributed by atoms with Crippen molar-refractivity contribution in [3.63, 3.8) is 0 Å². The lowest BCUT2D eigenvalue weighted by atomic mass is 10.1. The summed E-state index contributed by atoms with van der Waals surface area (Å²) in [6.07, 6.45) is 0. The van der Waals surface area contributed by atoms with Crippen molar-refractivity contribution in [1.29, 1.82) is 0 Å². The zero-order chi connectivity index (χ0) is 26.4. The van der Waals surface area contributed by atoms with Gasteiger partial charge in [-0.25, -0.2) is 14.0 Å². The number of amides is 4. The number of ether oxygens (including phenoxy) is 1. The molecule has 1 heterocycles. The van der Waals surface area contributed by atoms with Crippen LogP contribution in [-0.4, -0.2) is 49.7 Å². The van der Waals surface area contributed by atoms with Crippen molar-refractivity contribution in [2.75, 3.05) is 53.6 Å². The van der Waals surface area contributed by atoms with E-state index in [1.54, 1.807) is 0 Å². The molecule has 1 aliphatic rings. The number of para-hydroxylation sites is 1. The van der Waals surface area contributed by atoms with Crippen LogP contribution in [0.5, 0.6) is 5.75 Å². The lowest BCUT2D eigenvalue weighted by Gasteiger charge is -2.36. The minimum Gasteiger partial charge on any atom is -0.492 e. The number of anilines is 4. The largest absolute Gasteiger partial charge is 0.492 e. The Hall–Kier alpha value is -4.27. The van der Waals surface area contributed by atoms with E-state index in [9.17, 15) is 14.0 Å². The molecule has 1 aliphatic heterocycles. The van der Waals surface area contributed by atoms with Gasteiger partial charge in [0.2, 0.25) is 0 Å². The lowest BCUT2D eigenvalue weighted by molar-refractivity contribution is 0.208. The van der Waals surface area contributed by atoms with E-state index in [2.05, 4.69) is 20.9 Å². The van der Waals surface area contributed by atoms with Gasteiger partial charge < -0.3 is 30.5 Å². The molecule has 9 heteroatoms. The first kappa shape index (κ1) is 25.8. The van der Waals surface area contributed by atoms with E-state index in [1.165, 1.54) is 18.2 Å². The van der Waals surface area contributed by atoms with Gasteiger partial charge in [0.25, 0.3) is 0 Å². The fraction of sp³-hybridized carbons (Fsp3) is 0.286. The third-order valence-electron chi connectivity index (χ3n) is 6.26. The Bertz CT molecular complexity index is 1240. The fourth-order valence-corrected chi connectivity index (χ4v) is 4.29. The number of piperazine rings is 1. The van der Waals surface area contributed by atoms with Gasteiger partial charge in [-0.15, -0.1) is 0 Å². The highest BCUT2D eigenvalue weighted by atomic mass is 19.1. The number of nitrogens with zero attached hydrogens (tertiary/aromatic N) is 2. The lowest BCUT2D eigenvalue weighted by Crippen LogP contribution is -2.50. The molecule has 3 aromatic carbocycles. The molecule has 1 fully saturated rings. The molecule has 0 saturated carbocycles. The van der Waals surface area contributed by atoms with Crippen molar-refractivity contribution in [2.24, 2.45) is 0 Å². The summed E-state index contributed by atoms with van der Waals surface area (Å²) >= 11 is 0. The van der Waals surface area contributed by atoms with Crippen LogP contribution in [0.1, 0.15) is 18.1 Å². The fourth-order valence-electron chi connectivity index (χ4n) is 4.29. The summed E-state index contributed by atoms with van der Waals surface area (Å²) in [5.74, 6) is -0.0674. The van der Waals surface area contributed by atoms with Crippen LogP contribution in [0, 0.1) is 19.7 Å². The molecule has 8 nitrogen and oxygen atoms in total. The average molecular weight is 506 g/mol. The Labute approximate surface area is 216 Å². The van der Waals surface area contributed by atoms with E-state index in [0.29, 0.717) is 44.2 Å². The van der Waals surface area contributed by atoms with Crippen LogP contribution < -0.4 is 25.6 Å². The van der Waals surface area contributed by atoms with E-state index >= 15 is 0 Å². The molecule has 4 rings (SSSR count). The molecular formula is C28H32FN5O3. The molecule has 0 radical (unpaired) electrons. The first-order valence-corrected chi connectivity index (χ1v) is 12.3. The Morgan fingerprint density at radius 3 is 2.22 bits per heavy atom. The summed E-state index contributed by atoms with van der Waals surface area (Å²) in [5, 5.41) is 8.44. The zero-order valence-corrected chi connectivity index (χ0v) is 21.3. The number of carbonyl (C=O) groups is 2. The normalized spacial score (nSPS) is 13.2. The summed E-state index contributed by atoms with van der Waals surface area (Å²) in [6, 6.07) is 16.8. The molecule has 0 spiro atoms. The summed E-state index contributed by atoms with van der Waals surface area (Å²) < 4.78 is 19.1. The van der Waals surface area contributed by atoms with Crippen LogP contribution in [0.2, 0.25) is 0 Å². The van der Waals surface area contributed by atoms with Gasteiger partial charge in [-0.2, -0.15) is 0 Å². The number of hydrogen-bond donors (Lipinski definition) is 3. The van der Waals surface area contributed by atoms with E-state index in [4.69, 9.17) is 4.74 Å². The molecule has 0 bridgehead atoms. The number of halogens is 1. The SMILES string of the molecule is CCOc1ccc(F)cc1NC(=O)Nc1ccc(N2CCN(C(=O)Nc3c(C)cccc3C)CC2)cc1. The summed E-state index contributed by atoms with van der Waals surface area (Å²) in [7, 11) is 0. The second-order valence-electron chi connectivity index (χ2n) is 8.87. The van der Waals surface area contributed by atoms with Gasteiger partial charge in [0.05, 0.1) is 12.3 Å². The standard InChI is InChI=1S/C28H32FN5O3/c1-4-37-25-13-8-21(29)18-24(25)31-27(35)30-22-9-11-23(12-10-22)33-14-16-34(17-15-33)28(36)32-26-19(2)6-5-7-20(26)3/h5-13,18H,4,14-17H2,1-3H3,(H,32,36)(H2,30,31,35). The van der Waals surface area contributed by atoms with Gasteiger partial charge in [0, 0.05) is 49.3 Å². The number of aryl methyl sites for hydroxylation is 2. The Morgan fingerprint density at radius 2 is 1.57 bits per heavy atom. The number of benzene rings is 3. The molecule has 4 amide bonds. The molecular weight excluding hydrogens is 473 g/mol. The number of urea groups is 2. The molecule has 3 aromatic rings. The van der Waals surface area contributed by atoms with Crippen LogP contribution in [-0.2, 0) is 0 Å². The number of hydrogen-bond acceptors (Lipinski definition) is 4. The minimum absolute atomic E-state index is 0.0894. The summed E-state index contributed by atoms with van der Waals surface area (Å²) in [6.45, 7) is 8.80. The van der Waals surface area contributed by atoms with Crippen LogP contribution in [0.25, 0.3) is 0 Å². The summed E-state index contributed by atoms with van der Waals surface area (Å²) in [4.78, 5) is 29.3. The van der Waals surface area contributed by atoms with E-state index in [0.717, 1.165) is 22.5 Å². The Balaban J connectivity index is 1.29. The highest BCUT2D eigenvalue weighted by Gasteiger charge is 2.22. The van der Waals surface area contributed by atoms with Gasteiger partial charge in [-0.05, 0) is 68.3 Å². The number of carbonyl (C=O) groups excluding carboxylic acids is 2. The summed E-state index contributed by atoms with van der Waals surface area (Å²) in [5.41, 5.74) is 4.82. The predicted octanol–water partition coefficient (Wildman–Crippen LogP) is 5.84. The first-order valence-electron chi connectivity index (χ1n) is 12.3. The van der Waals surface area contributed by atoms with Gasteiger partial charge >= 0.3 is 12.1 Å². The molecule has 3 N–H and O–H groups in total. The van der Waals surface area contributed by atoms with Crippen molar-refractivity contribution in [1.82, 2.24) is 4.90 Å². The molecule has 0 unspecified atom stereocenters. The third kappa shape index (κ3) is 6.49. The van der Waals surface area contributed by atoms with Crippen LogP contribution in [0.3, 0.4) is 0 Å². The monoisotopic (exact) mass is 505 g/mol. The second kappa shape index (κ2) is 11.6. The van der Waals surface area contributed by atoms with Crippen molar-refractivity contribution in [3.8, 4) is 5.75 Å². The molecule has 0 aromatic heterocycles. The molecule has 0 atom stereocenters. The van der Waals surface area contributed by atoms with Crippen LogP contribution in [0.15, 0.2) is 60.7 Å². The van der Waals surface area contributed by atoms with Crippen molar-refractivity contribution >= 4 is 34.8 Å². The van der Waals surface area contributed by atoms with Crippen molar-refractivity contribution in [3.05, 3.63) is 77.6 Å². The minimum atomic E-state index is -0.497.